The number of rotatable bonds is 7. The van der Waals surface area contributed by atoms with Crippen LogP contribution in [0.25, 0.3) is 0 Å². The zero-order valence-corrected chi connectivity index (χ0v) is 17.5. The molecule has 0 aromatic heterocycles. The van der Waals surface area contributed by atoms with E-state index in [1.165, 1.54) is 5.56 Å². The first-order chi connectivity index (χ1) is 10.5. The lowest BCUT2D eigenvalue weighted by Crippen LogP contribution is -2.44. The molecule has 0 saturated carbocycles. The third kappa shape index (κ3) is 7.42. The number of methoxy groups -OCH3 is 1. The van der Waals surface area contributed by atoms with E-state index in [1.54, 1.807) is 7.11 Å². The van der Waals surface area contributed by atoms with E-state index < -0.39 is 0 Å². The fourth-order valence-corrected chi connectivity index (χ4v) is 2.10. The summed E-state index contributed by atoms with van der Waals surface area (Å²) < 4.78 is 5.44. The highest BCUT2D eigenvalue weighted by Crippen LogP contribution is 2.26. The summed E-state index contributed by atoms with van der Waals surface area (Å²) in [6.45, 7) is 12.4. The number of aliphatic imine (C=N–C) groups is 1. The Balaban J connectivity index is 0.00000484. The largest absolute Gasteiger partial charge is 0.496 e. The van der Waals surface area contributed by atoms with Gasteiger partial charge in [0.05, 0.1) is 7.11 Å². The normalized spacial score (nSPS) is 14.0. The predicted molar refractivity (Wildman–Crippen MR) is 110 cm³/mol. The summed E-state index contributed by atoms with van der Waals surface area (Å²) in [7, 11) is 1.71. The van der Waals surface area contributed by atoms with Crippen molar-refractivity contribution in [3.63, 3.8) is 0 Å². The molecular weight excluding hydrogens is 401 g/mol. The first-order valence-electron chi connectivity index (χ1n) is 8.17. The highest BCUT2D eigenvalue weighted by atomic mass is 127. The van der Waals surface area contributed by atoms with Gasteiger partial charge >= 0.3 is 0 Å². The number of guanidine groups is 1. The molecule has 2 atom stereocenters. The van der Waals surface area contributed by atoms with Crippen molar-refractivity contribution in [2.75, 3.05) is 20.2 Å². The second-order valence-corrected chi connectivity index (χ2v) is 6.04. The topological polar surface area (TPSA) is 45.7 Å². The molecule has 0 fully saturated rings. The Labute approximate surface area is 158 Å². The van der Waals surface area contributed by atoms with Gasteiger partial charge in [0.25, 0.3) is 0 Å². The Morgan fingerprint density at radius 1 is 1.17 bits per heavy atom. The van der Waals surface area contributed by atoms with E-state index in [2.05, 4.69) is 51.3 Å². The van der Waals surface area contributed by atoms with Crippen LogP contribution in [-0.4, -0.2) is 32.2 Å². The Kier molecular flexibility index (Phi) is 11.0. The molecular formula is C18H32IN3O. The van der Waals surface area contributed by atoms with E-state index in [4.69, 9.17) is 9.73 Å². The molecule has 0 amide bonds. The average Bonchev–Trinajstić information content (AvgIpc) is 2.52. The lowest BCUT2D eigenvalue weighted by atomic mass is 10.0. The fourth-order valence-electron chi connectivity index (χ4n) is 2.10. The van der Waals surface area contributed by atoms with Crippen molar-refractivity contribution in [3.05, 3.63) is 29.8 Å². The smallest absolute Gasteiger partial charge is 0.191 e. The first-order valence-corrected chi connectivity index (χ1v) is 8.17. The van der Waals surface area contributed by atoms with Crippen LogP contribution in [0.1, 0.15) is 46.1 Å². The van der Waals surface area contributed by atoms with Crippen LogP contribution in [0.2, 0.25) is 0 Å². The minimum atomic E-state index is 0. The quantitative estimate of drug-likeness (QED) is 0.388. The Morgan fingerprint density at radius 3 is 2.39 bits per heavy atom. The van der Waals surface area contributed by atoms with Gasteiger partial charge in [0.2, 0.25) is 0 Å². The van der Waals surface area contributed by atoms with Crippen LogP contribution >= 0.6 is 24.0 Å². The van der Waals surface area contributed by atoms with Crippen LogP contribution in [0.15, 0.2) is 29.3 Å². The minimum absolute atomic E-state index is 0. The number of nitrogens with zero attached hydrogens (tertiary/aromatic N) is 1. The van der Waals surface area contributed by atoms with Gasteiger partial charge < -0.3 is 15.4 Å². The Hall–Kier alpha value is -0.980. The van der Waals surface area contributed by atoms with Crippen molar-refractivity contribution >= 4 is 29.9 Å². The zero-order valence-electron chi connectivity index (χ0n) is 15.2. The van der Waals surface area contributed by atoms with Gasteiger partial charge in [-0.3, -0.25) is 4.99 Å². The van der Waals surface area contributed by atoms with E-state index in [0.29, 0.717) is 17.9 Å². The number of hydrogen-bond acceptors (Lipinski definition) is 2. The molecule has 132 valence electrons. The number of hydrogen-bond donors (Lipinski definition) is 2. The highest BCUT2D eigenvalue weighted by Gasteiger charge is 2.12. The predicted octanol–water partition coefficient (Wildman–Crippen LogP) is 4.02. The van der Waals surface area contributed by atoms with Crippen LogP contribution in [0.4, 0.5) is 0 Å². The molecule has 2 unspecified atom stereocenters. The van der Waals surface area contributed by atoms with Gasteiger partial charge in [-0.05, 0) is 31.4 Å². The van der Waals surface area contributed by atoms with Crippen molar-refractivity contribution in [3.8, 4) is 5.75 Å². The van der Waals surface area contributed by atoms with Crippen molar-refractivity contribution < 1.29 is 4.74 Å². The van der Waals surface area contributed by atoms with Gasteiger partial charge in [0, 0.05) is 25.0 Å². The number of ether oxygens (including phenoxy) is 1. The van der Waals surface area contributed by atoms with Gasteiger partial charge in [-0.1, -0.05) is 39.0 Å². The van der Waals surface area contributed by atoms with Crippen molar-refractivity contribution in [1.29, 1.82) is 0 Å². The van der Waals surface area contributed by atoms with Crippen molar-refractivity contribution in [2.45, 2.75) is 46.6 Å². The van der Waals surface area contributed by atoms with Crippen LogP contribution in [0, 0.1) is 5.92 Å². The second kappa shape index (κ2) is 11.5. The maximum atomic E-state index is 5.44. The summed E-state index contributed by atoms with van der Waals surface area (Å²) in [6, 6.07) is 8.53. The first kappa shape index (κ1) is 22.0. The summed E-state index contributed by atoms with van der Waals surface area (Å²) in [5.41, 5.74) is 1.20. The third-order valence-electron chi connectivity index (χ3n) is 3.90. The molecule has 2 N–H and O–H groups in total. The highest BCUT2D eigenvalue weighted by molar-refractivity contribution is 14.0. The van der Waals surface area contributed by atoms with E-state index >= 15 is 0 Å². The van der Waals surface area contributed by atoms with Gasteiger partial charge in [-0.2, -0.15) is 0 Å². The average molecular weight is 433 g/mol. The standard InChI is InChI=1S/C18H31N3O.HI/c1-7-19-18(21-15(5)13(2)3)20-12-14(4)16-10-8-9-11-17(16)22-6;/h8-11,13-15H,7,12H2,1-6H3,(H2,19,20,21);1H. The Bertz CT molecular complexity index is 477. The molecule has 4 nitrogen and oxygen atoms in total. The summed E-state index contributed by atoms with van der Waals surface area (Å²) in [6.07, 6.45) is 0. The molecule has 0 radical (unpaired) electrons. The van der Waals surface area contributed by atoms with E-state index in [1.807, 2.05) is 18.2 Å². The molecule has 1 aromatic carbocycles. The molecule has 5 heteroatoms. The molecule has 0 aliphatic rings. The Morgan fingerprint density at radius 2 is 1.83 bits per heavy atom. The second-order valence-electron chi connectivity index (χ2n) is 6.04. The fraction of sp³-hybridized carbons (Fsp3) is 0.611. The zero-order chi connectivity index (χ0) is 16.5. The summed E-state index contributed by atoms with van der Waals surface area (Å²) in [5, 5.41) is 6.77. The molecule has 0 bridgehead atoms. The van der Waals surface area contributed by atoms with Crippen LogP contribution in [0.5, 0.6) is 5.75 Å². The van der Waals surface area contributed by atoms with Crippen LogP contribution in [-0.2, 0) is 0 Å². The molecule has 1 aromatic rings. The number of para-hydroxylation sites is 1. The maximum absolute atomic E-state index is 5.44. The van der Waals surface area contributed by atoms with Crippen molar-refractivity contribution in [2.24, 2.45) is 10.9 Å². The number of benzene rings is 1. The SMILES string of the molecule is CCNC(=NCC(C)c1ccccc1OC)NC(C)C(C)C.I. The van der Waals surface area contributed by atoms with E-state index in [-0.39, 0.29) is 24.0 Å². The van der Waals surface area contributed by atoms with Crippen LogP contribution < -0.4 is 15.4 Å². The van der Waals surface area contributed by atoms with E-state index in [9.17, 15) is 0 Å². The third-order valence-corrected chi connectivity index (χ3v) is 3.90. The number of nitrogens with one attached hydrogen (secondary N) is 2. The van der Waals surface area contributed by atoms with Gasteiger partial charge in [-0.15, -0.1) is 24.0 Å². The summed E-state index contributed by atoms with van der Waals surface area (Å²) >= 11 is 0. The van der Waals surface area contributed by atoms with Gasteiger partial charge in [0.1, 0.15) is 5.75 Å². The summed E-state index contributed by atoms with van der Waals surface area (Å²) in [5.74, 6) is 2.68. The number of halogens is 1. The van der Waals surface area contributed by atoms with Gasteiger partial charge in [-0.25, -0.2) is 0 Å². The molecule has 23 heavy (non-hydrogen) atoms. The van der Waals surface area contributed by atoms with Crippen LogP contribution in [0.3, 0.4) is 0 Å². The summed E-state index contributed by atoms with van der Waals surface area (Å²) in [4.78, 5) is 4.73. The molecule has 0 spiro atoms. The maximum Gasteiger partial charge on any atom is 0.191 e. The monoisotopic (exact) mass is 433 g/mol. The lowest BCUT2D eigenvalue weighted by molar-refractivity contribution is 0.406. The van der Waals surface area contributed by atoms with Crippen molar-refractivity contribution in [1.82, 2.24) is 10.6 Å². The molecule has 0 aliphatic carbocycles. The van der Waals surface area contributed by atoms with Gasteiger partial charge in [0.15, 0.2) is 5.96 Å². The molecule has 0 saturated heterocycles. The molecule has 0 heterocycles. The molecule has 1 rings (SSSR count). The van der Waals surface area contributed by atoms with E-state index in [0.717, 1.165) is 24.8 Å². The molecule has 0 aliphatic heterocycles. The minimum Gasteiger partial charge on any atom is -0.496 e. The lowest BCUT2D eigenvalue weighted by Gasteiger charge is -2.21.